The van der Waals surface area contributed by atoms with Gasteiger partial charge < -0.3 is 19.7 Å². The molecule has 1 atom stereocenters. The van der Waals surface area contributed by atoms with E-state index in [1.54, 1.807) is 24.3 Å². The number of phenolic OH excluding ortho intramolecular Hbond substituents is 2. The van der Waals surface area contributed by atoms with Crippen molar-refractivity contribution in [3.05, 3.63) is 82.7 Å². The van der Waals surface area contributed by atoms with Gasteiger partial charge in [-0.1, -0.05) is 18.2 Å². The fourth-order valence-corrected chi connectivity index (χ4v) is 3.73. The number of hydrogen-bond acceptors (Lipinski definition) is 5. The molecule has 3 aromatic carbocycles. The Morgan fingerprint density at radius 3 is 2.50 bits per heavy atom. The third-order valence-electron chi connectivity index (χ3n) is 4.73. The van der Waals surface area contributed by atoms with Gasteiger partial charge in [-0.05, 0) is 18.2 Å². The highest BCUT2D eigenvalue weighted by molar-refractivity contribution is 5.97. The molecule has 0 fully saturated rings. The molecule has 5 rings (SSSR count). The highest BCUT2D eigenvalue weighted by atomic mass is 19.1. The molecule has 2 aliphatic heterocycles. The van der Waals surface area contributed by atoms with Gasteiger partial charge >= 0.3 is 5.97 Å². The summed E-state index contributed by atoms with van der Waals surface area (Å²) < 4.78 is 26.4. The number of carbonyl (C=O) groups is 1. The van der Waals surface area contributed by atoms with E-state index in [9.17, 15) is 19.4 Å². The third-order valence-corrected chi connectivity index (χ3v) is 4.73. The Balaban J connectivity index is 1.94. The van der Waals surface area contributed by atoms with Crippen LogP contribution >= 0.6 is 0 Å². The van der Waals surface area contributed by atoms with Gasteiger partial charge in [0.25, 0.3) is 0 Å². The summed E-state index contributed by atoms with van der Waals surface area (Å²) >= 11 is 0. The predicted octanol–water partition coefficient (Wildman–Crippen LogP) is 3.80. The van der Waals surface area contributed by atoms with Gasteiger partial charge in [0.2, 0.25) is 0 Å². The molecular formula is C20H11FO5. The molecule has 5 nitrogen and oxygen atoms in total. The molecule has 0 saturated carbocycles. The van der Waals surface area contributed by atoms with Crippen molar-refractivity contribution in [1.29, 1.82) is 0 Å². The summed E-state index contributed by atoms with van der Waals surface area (Å²) in [5.74, 6) is -1.49. The lowest BCUT2D eigenvalue weighted by molar-refractivity contribution is 0.0213. The zero-order valence-corrected chi connectivity index (χ0v) is 13.2. The summed E-state index contributed by atoms with van der Waals surface area (Å²) in [5, 5.41) is 19.6. The van der Waals surface area contributed by atoms with Crippen LogP contribution in [0, 0.1) is 5.82 Å². The molecule has 1 spiro atoms. The van der Waals surface area contributed by atoms with Crippen LogP contribution in [0.2, 0.25) is 0 Å². The van der Waals surface area contributed by atoms with E-state index in [-0.39, 0.29) is 28.6 Å². The minimum Gasteiger partial charge on any atom is -0.508 e. The molecule has 1 unspecified atom stereocenters. The van der Waals surface area contributed by atoms with Crippen LogP contribution in [0.25, 0.3) is 0 Å². The van der Waals surface area contributed by atoms with Crippen LogP contribution in [-0.2, 0) is 10.3 Å². The second-order valence-electron chi connectivity index (χ2n) is 6.20. The van der Waals surface area contributed by atoms with Crippen molar-refractivity contribution in [2.45, 2.75) is 5.60 Å². The smallest absolute Gasteiger partial charge is 0.340 e. The molecule has 0 radical (unpaired) electrons. The molecule has 0 amide bonds. The minimum absolute atomic E-state index is 0.00629. The van der Waals surface area contributed by atoms with Crippen molar-refractivity contribution >= 4 is 5.97 Å². The first-order chi connectivity index (χ1) is 12.5. The van der Waals surface area contributed by atoms with E-state index in [1.807, 2.05) is 0 Å². The SMILES string of the molecule is O=C1OC2(c3ccc(O)cc3Oc3cc(O)cc(F)c32)c2ccccc21. The van der Waals surface area contributed by atoms with E-state index < -0.39 is 17.4 Å². The van der Waals surface area contributed by atoms with Gasteiger partial charge in [0.05, 0.1) is 11.1 Å². The van der Waals surface area contributed by atoms with E-state index in [0.717, 1.165) is 6.07 Å². The number of aromatic hydroxyl groups is 2. The van der Waals surface area contributed by atoms with Crippen molar-refractivity contribution in [3.8, 4) is 23.0 Å². The number of hydrogen-bond donors (Lipinski definition) is 2. The lowest BCUT2D eigenvalue weighted by Gasteiger charge is -2.36. The maximum atomic E-state index is 14.9. The number of fused-ring (bicyclic) bond motifs is 6. The Kier molecular flexibility index (Phi) is 2.70. The lowest BCUT2D eigenvalue weighted by Crippen LogP contribution is -2.34. The van der Waals surface area contributed by atoms with Crippen LogP contribution in [0.5, 0.6) is 23.0 Å². The zero-order valence-electron chi connectivity index (χ0n) is 13.2. The van der Waals surface area contributed by atoms with Crippen molar-refractivity contribution in [1.82, 2.24) is 0 Å². The Labute approximate surface area is 146 Å². The van der Waals surface area contributed by atoms with Crippen molar-refractivity contribution in [2.75, 3.05) is 0 Å². The van der Waals surface area contributed by atoms with Gasteiger partial charge in [-0.15, -0.1) is 0 Å². The Morgan fingerprint density at radius 1 is 0.885 bits per heavy atom. The monoisotopic (exact) mass is 350 g/mol. The summed E-state index contributed by atoms with van der Waals surface area (Å²) in [5.41, 5.74) is -0.349. The van der Waals surface area contributed by atoms with Gasteiger partial charge in [-0.25, -0.2) is 9.18 Å². The van der Waals surface area contributed by atoms with Gasteiger partial charge in [0.15, 0.2) is 5.60 Å². The molecule has 0 bridgehead atoms. The first kappa shape index (κ1) is 14.8. The fourth-order valence-electron chi connectivity index (χ4n) is 3.73. The van der Waals surface area contributed by atoms with E-state index in [1.165, 1.54) is 24.3 Å². The molecule has 2 N–H and O–H groups in total. The molecule has 0 aliphatic carbocycles. The van der Waals surface area contributed by atoms with Crippen molar-refractivity contribution in [3.63, 3.8) is 0 Å². The van der Waals surface area contributed by atoms with E-state index in [4.69, 9.17) is 9.47 Å². The quantitative estimate of drug-likeness (QED) is 0.603. The Morgan fingerprint density at radius 2 is 1.65 bits per heavy atom. The summed E-state index contributed by atoms with van der Waals surface area (Å²) in [6, 6.07) is 13.2. The third kappa shape index (κ3) is 1.70. The normalized spacial score (nSPS) is 19.3. The number of benzene rings is 3. The maximum Gasteiger partial charge on any atom is 0.340 e. The van der Waals surface area contributed by atoms with Crippen LogP contribution in [0.3, 0.4) is 0 Å². The number of ether oxygens (including phenoxy) is 2. The predicted molar refractivity (Wildman–Crippen MR) is 88.0 cm³/mol. The highest BCUT2D eigenvalue weighted by Crippen LogP contribution is 2.57. The second kappa shape index (κ2) is 4.76. The van der Waals surface area contributed by atoms with Crippen LogP contribution in [0.4, 0.5) is 4.39 Å². The topological polar surface area (TPSA) is 76.0 Å². The largest absolute Gasteiger partial charge is 0.508 e. The number of rotatable bonds is 0. The molecule has 3 aromatic rings. The number of halogens is 1. The zero-order chi connectivity index (χ0) is 18.1. The fraction of sp³-hybridized carbons (Fsp3) is 0.0500. The summed E-state index contributed by atoms with van der Waals surface area (Å²) in [4.78, 5) is 12.5. The average Bonchev–Trinajstić information content (AvgIpc) is 2.88. The van der Waals surface area contributed by atoms with Crippen molar-refractivity contribution in [2.24, 2.45) is 0 Å². The Bertz CT molecular complexity index is 1110. The number of esters is 1. The second-order valence-corrected chi connectivity index (χ2v) is 6.20. The van der Waals surface area contributed by atoms with E-state index >= 15 is 0 Å². The van der Waals surface area contributed by atoms with Crippen LogP contribution in [-0.4, -0.2) is 16.2 Å². The Hall–Kier alpha value is -3.54. The van der Waals surface area contributed by atoms with Crippen LogP contribution in [0.15, 0.2) is 54.6 Å². The molecule has 6 heteroatoms. The van der Waals surface area contributed by atoms with Crippen LogP contribution in [0.1, 0.15) is 27.0 Å². The number of phenols is 2. The van der Waals surface area contributed by atoms with Gasteiger partial charge in [0, 0.05) is 29.3 Å². The number of carbonyl (C=O) groups excluding carboxylic acids is 1. The molecule has 2 heterocycles. The standard InChI is InChI=1S/C20H11FO5/c21-15-7-11(23)9-17-18(15)20(14-6-5-10(22)8-16(14)25-17)13-4-2-1-3-12(13)19(24)26-20/h1-9,22-23H. The molecule has 2 aliphatic rings. The first-order valence-electron chi connectivity index (χ1n) is 7.88. The first-order valence-corrected chi connectivity index (χ1v) is 7.88. The highest BCUT2D eigenvalue weighted by Gasteiger charge is 2.55. The average molecular weight is 350 g/mol. The van der Waals surface area contributed by atoms with Crippen LogP contribution < -0.4 is 4.74 Å². The van der Waals surface area contributed by atoms with E-state index in [0.29, 0.717) is 16.7 Å². The summed E-state index contributed by atoms with van der Waals surface area (Å²) in [6.45, 7) is 0. The molecule has 26 heavy (non-hydrogen) atoms. The van der Waals surface area contributed by atoms with Gasteiger partial charge in [-0.2, -0.15) is 0 Å². The summed E-state index contributed by atoms with van der Waals surface area (Å²) in [7, 11) is 0. The van der Waals surface area contributed by atoms with E-state index in [2.05, 4.69) is 0 Å². The maximum absolute atomic E-state index is 14.9. The lowest BCUT2D eigenvalue weighted by atomic mass is 9.77. The van der Waals surface area contributed by atoms with Gasteiger partial charge in [0.1, 0.15) is 28.8 Å². The summed E-state index contributed by atoms with van der Waals surface area (Å²) in [6.07, 6.45) is 0. The molecule has 0 saturated heterocycles. The molecule has 128 valence electrons. The minimum atomic E-state index is -1.55. The molecule has 0 aromatic heterocycles. The van der Waals surface area contributed by atoms with Gasteiger partial charge in [-0.3, -0.25) is 0 Å². The molecular weight excluding hydrogens is 339 g/mol. The van der Waals surface area contributed by atoms with Crippen molar-refractivity contribution < 1.29 is 28.9 Å².